The molecule has 0 saturated heterocycles. The fraction of sp³-hybridized carbons (Fsp3) is 0.400. The summed E-state index contributed by atoms with van der Waals surface area (Å²) >= 11 is 0. The van der Waals surface area contributed by atoms with E-state index in [9.17, 15) is 8.42 Å². The molecule has 0 N–H and O–H groups in total. The van der Waals surface area contributed by atoms with Gasteiger partial charge in [-0.3, -0.25) is 4.18 Å². The summed E-state index contributed by atoms with van der Waals surface area (Å²) in [5, 5.41) is 0. The monoisotopic (exact) mass is 221 g/mol. The molecule has 0 aliphatic heterocycles. The summed E-state index contributed by atoms with van der Waals surface area (Å²) < 4.78 is 28.2. The van der Waals surface area contributed by atoms with Crippen LogP contribution in [-0.4, -0.2) is 32.9 Å². The van der Waals surface area contributed by atoms with Crippen LogP contribution in [0.15, 0.2) is 35.2 Å². The van der Waals surface area contributed by atoms with Gasteiger partial charge >= 0.3 is 0 Å². The maximum absolute atomic E-state index is 11.6. The van der Waals surface area contributed by atoms with Crippen molar-refractivity contribution < 1.29 is 12.6 Å². The van der Waals surface area contributed by atoms with Crippen molar-refractivity contribution in [2.45, 2.75) is 31.3 Å². The molecule has 0 heterocycles. The first-order chi connectivity index (χ1) is 6.31. The summed E-state index contributed by atoms with van der Waals surface area (Å²) in [6.07, 6.45) is 0. The largest absolute Gasteiger partial charge is 0.297 e. The molecule has 1 rings (SSSR count). The van der Waals surface area contributed by atoms with E-state index in [1.807, 2.05) is 0 Å². The minimum atomic E-state index is -3.62. The quantitative estimate of drug-likeness (QED) is 0.565. The number of rotatable bonds is 2. The maximum Gasteiger partial charge on any atom is 0.297 e. The van der Waals surface area contributed by atoms with Gasteiger partial charge in [0.05, 0.1) is 10.5 Å². The van der Waals surface area contributed by atoms with Crippen LogP contribution in [0.4, 0.5) is 0 Å². The predicted octanol–water partition coefficient (Wildman–Crippen LogP) is 1.81. The van der Waals surface area contributed by atoms with E-state index in [0.717, 1.165) is 0 Å². The minimum Gasteiger partial charge on any atom is -0.261 e. The van der Waals surface area contributed by atoms with Gasteiger partial charge in [0.2, 0.25) is 0 Å². The van der Waals surface area contributed by atoms with Crippen LogP contribution in [0.1, 0.15) is 20.8 Å². The van der Waals surface area contributed by atoms with Gasteiger partial charge in [-0.1, -0.05) is 18.2 Å². The van der Waals surface area contributed by atoms with E-state index >= 15 is 0 Å². The molecule has 15 heavy (non-hydrogen) atoms. The Kier molecular flexibility index (Phi) is 5.08. The van der Waals surface area contributed by atoms with E-state index in [1.54, 1.807) is 39.0 Å². The van der Waals surface area contributed by atoms with Crippen molar-refractivity contribution in [2.75, 3.05) is 0 Å². The molecule has 1 aromatic rings. The normalized spacial score (nSPS) is 11.9. The van der Waals surface area contributed by atoms with E-state index in [-0.39, 0.29) is 23.8 Å². The van der Waals surface area contributed by atoms with Crippen LogP contribution in [-0.2, 0) is 14.3 Å². The van der Waals surface area contributed by atoms with Gasteiger partial charge in [-0.05, 0) is 32.9 Å². The van der Waals surface area contributed by atoms with E-state index in [2.05, 4.69) is 0 Å². The second-order valence-corrected chi connectivity index (χ2v) is 5.51. The molecule has 0 fully saturated rings. The molecule has 1 aromatic carbocycles. The molecule has 0 atom stereocenters. The fourth-order valence-corrected chi connectivity index (χ4v) is 2.21. The van der Waals surface area contributed by atoms with E-state index in [4.69, 9.17) is 4.18 Å². The van der Waals surface area contributed by atoms with Crippen molar-refractivity contribution in [1.29, 1.82) is 0 Å². The molecular weight excluding hydrogens is 207 g/mol. The summed E-state index contributed by atoms with van der Waals surface area (Å²) in [6.45, 7) is 5.11. The Morgan fingerprint density at radius 2 is 1.53 bits per heavy atom. The molecule has 0 unspecified atom stereocenters. The summed E-state index contributed by atoms with van der Waals surface area (Å²) in [5.74, 6) is 0. The molecular formula is C10H14LiO3S. The first kappa shape index (κ1) is 14.7. The first-order valence-corrected chi connectivity index (χ1v) is 5.73. The smallest absolute Gasteiger partial charge is 0.261 e. The molecule has 0 aromatic heterocycles. The van der Waals surface area contributed by atoms with Crippen LogP contribution in [0.3, 0.4) is 0 Å². The Bertz CT molecular complexity index is 392. The van der Waals surface area contributed by atoms with Gasteiger partial charge in [-0.25, -0.2) is 0 Å². The average Bonchev–Trinajstić information content (AvgIpc) is 2.01. The SMILES string of the molecule is CC(C)(C)OS(=O)(=O)c1ccccc1.[Li]. The van der Waals surface area contributed by atoms with Crippen LogP contribution in [0.5, 0.6) is 0 Å². The molecule has 0 saturated carbocycles. The van der Waals surface area contributed by atoms with Crippen LogP contribution in [0.2, 0.25) is 0 Å². The van der Waals surface area contributed by atoms with Crippen LogP contribution in [0.25, 0.3) is 0 Å². The minimum absolute atomic E-state index is 0. The van der Waals surface area contributed by atoms with Gasteiger partial charge in [-0.15, -0.1) is 0 Å². The average molecular weight is 221 g/mol. The zero-order chi connectivity index (χ0) is 10.8. The summed E-state index contributed by atoms with van der Waals surface area (Å²) in [7, 11) is -3.62. The second-order valence-electron chi connectivity index (χ2n) is 3.96. The Balaban J connectivity index is 0.00000196. The van der Waals surface area contributed by atoms with Gasteiger partial charge < -0.3 is 0 Å². The van der Waals surface area contributed by atoms with Gasteiger partial charge in [0.25, 0.3) is 10.1 Å². The maximum atomic E-state index is 11.6. The molecule has 0 spiro atoms. The third-order valence-electron chi connectivity index (χ3n) is 1.39. The molecule has 1 radical (unpaired) electrons. The van der Waals surface area contributed by atoms with Crippen molar-refractivity contribution in [3.05, 3.63) is 30.3 Å². The molecule has 79 valence electrons. The Morgan fingerprint density at radius 1 is 1.07 bits per heavy atom. The topological polar surface area (TPSA) is 43.4 Å². The van der Waals surface area contributed by atoms with Gasteiger partial charge in [0.15, 0.2) is 0 Å². The third-order valence-corrected chi connectivity index (χ3v) is 2.96. The standard InChI is InChI=1S/C10H14O3S.Li/c1-10(2,3)13-14(11,12)9-7-5-4-6-8-9;/h4-8H,1-3H3;. The van der Waals surface area contributed by atoms with Crippen molar-refractivity contribution in [1.82, 2.24) is 0 Å². The number of benzene rings is 1. The van der Waals surface area contributed by atoms with Crippen LogP contribution in [0, 0.1) is 0 Å². The molecule has 0 aliphatic rings. The summed E-state index contributed by atoms with van der Waals surface area (Å²) in [4.78, 5) is 0.190. The van der Waals surface area contributed by atoms with E-state index in [0.29, 0.717) is 0 Å². The second kappa shape index (κ2) is 5.18. The predicted molar refractivity (Wildman–Crippen MR) is 60.2 cm³/mol. The summed E-state index contributed by atoms with van der Waals surface area (Å²) in [5.41, 5.74) is -0.700. The molecule has 0 amide bonds. The molecule has 0 bridgehead atoms. The van der Waals surface area contributed by atoms with Crippen LogP contribution < -0.4 is 0 Å². The fourth-order valence-electron chi connectivity index (χ4n) is 0.964. The Morgan fingerprint density at radius 3 is 1.93 bits per heavy atom. The van der Waals surface area contributed by atoms with Crippen molar-refractivity contribution in [2.24, 2.45) is 0 Å². The third kappa shape index (κ3) is 4.85. The molecule has 3 nitrogen and oxygen atoms in total. The Hall–Kier alpha value is -0.273. The van der Waals surface area contributed by atoms with Gasteiger partial charge in [0.1, 0.15) is 0 Å². The molecule has 5 heteroatoms. The number of hydrogen-bond donors (Lipinski definition) is 0. The van der Waals surface area contributed by atoms with Crippen LogP contribution >= 0.6 is 0 Å². The first-order valence-electron chi connectivity index (χ1n) is 4.32. The van der Waals surface area contributed by atoms with E-state index in [1.165, 1.54) is 12.1 Å². The zero-order valence-electron chi connectivity index (χ0n) is 9.52. The van der Waals surface area contributed by atoms with E-state index < -0.39 is 15.7 Å². The van der Waals surface area contributed by atoms with Crippen molar-refractivity contribution in [3.8, 4) is 0 Å². The van der Waals surface area contributed by atoms with Gasteiger partial charge in [-0.2, -0.15) is 8.42 Å². The van der Waals surface area contributed by atoms with Crippen molar-refractivity contribution >= 4 is 29.0 Å². The number of hydrogen-bond acceptors (Lipinski definition) is 3. The van der Waals surface area contributed by atoms with Gasteiger partial charge in [0, 0.05) is 18.9 Å². The zero-order valence-corrected chi connectivity index (χ0v) is 10.3. The summed E-state index contributed by atoms with van der Waals surface area (Å²) in [6, 6.07) is 8.12. The molecule has 0 aliphatic carbocycles. The Labute approximate surface area is 103 Å². The van der Waals surface area contributed by atoms with Crippen molar-refractivity contribution in [3.63, 3.8) is 0 Å².